The molecule has 2 heterocycles. The largest absolute Gasteiger partial charge is 0.255 e. The topological polar surface area (TPSA) is 12.9 Å². The van der Waals surface area contributed by atoms with E-state index in [0.29, 0.717) is 0 Å². The lowest BCUT2D eigenvalue weighted by atomic mass is 9.66. The van der Waals surface area contributed by atoms with E-state index in [-0.39, 0.29) is 16.2 Å². The van der Waals surface area contributed by atoms with Gasteiger partial charge in [-0.05, 0) is 69.2 Å². The van der Waals surface area contributed by atoms with Crippen molar-refractivity contribution in [1.82, 2.24) is 4.98 Å². The summed E-state index contributed by atoms with van der Waals surface area (Å²) in [5, 5.41) is 4.05. The molecule has 0 radical (unpaired) electrons. The van der Waals surface area contributed by atoms with Crippen LogP contribution in [-0.4, -0.2) is 4.98 Å². The summed E-state index contributed by atoms with van der Waals surface area (Å²) < 4.78 is 1.35. The predicted octanol–water partition coefficient (Wildman–Crippen LogP) is 8.76. The van der Waals surface area contributed by atoms with E-state index in [1.165, 1.54) is 44.8 Å². The molecule has 2 aromatic heterocycles. The van der Waals surface area contributed by atoms with Crippen LogP contribution in [0.15, 0.2) is 48.7 Å². The van der Waals surface area contributed by atoms with Gasteiger partial charge in [0.15, 0.2) is 0 Å². The molecule has 0 fully saturated rings. The molecule has 0 N–H and O–H groups in total. The zero-order chi connectivity index (χ0) is 22.2. The summed E-state index contributed by atoms with van der Waals surface area (Å²) in [7, 11) is 0. The number of nitrogens with zero attached hydrogens (tertiary/aromatic N) is 1. The van der Waals surface area contributed by atoms with Crippen molar-refractivity contribution < 1.29 is 0 Å². The monoisotopic (exact) mass is 427 g/mol. The summed E-state index contributed by atoms with van der Waals surface area (Å²) in [5.74, 6) is 0. The van der Waals surface area contributed by atoms with E-state index in [2.05, 4.69) is 90.9 Å². The van der Waals surface area contributed by atoms with Crippen molar-refractivity contribution in [2.45, 2.75) is 77.6 Å². The molecule has 160 valence electrons. The first-order valence-corrected chi connectivity index (χ1v) is 12.3. The van der Waals surface area contributed by atoms with Gasteiger partial charge in [-0.15, -0.1) is 11.3 Å². The lowest BCUT2D eigenvalue weighted by molar-refractivity contribution is 0.341. The number of fused-ring (bicyclic) bond motifs is 4. The van der Waals surface area contributed by atoms with Crippen LogP contribution in [0.4, 0.5) is 0 Å². The van der Waals surface area contributed by atoms with Crippen LogP contribution in [0.1, 0.15) is 77.3 Å². The lowest BCUT2D eigenvalue weighted by Crippen LogP contribution is -2.32. The molecule has 0 bridgehead atoms. The summed E-state index contributed by atoms with van der Waals surface area (Å²) in [6.45, 7) is 16.6. The summed E-state index contributed by atoms with van der Waals surface area (Å²) in [4.78, 5) is 6.52. The second-order valence-electron chi connectivity index (χ2n) is 11.6. The maximum Gasteiger partial charge on any atom is 0.0880 e. The highest BCUT2D eigenvalue weighted by atomic mass is 32.1. The quantitative estimate of drug-likeness (QED) is 0.296. The fourth-order valence-electron chi connectivity index (χ4n) is 5.31. The first kappa shape index (κ1) is 20.7. The minimum atomic E-state index is 0.0716. The standard InChI is InChI=1S/C29H33NS/c1-27(2,3)22-17-19(16-18-10-8-9-11-20(18)22)24-25-21(12-15-30-24)23-26(31-25)29(6,7)14-13-28(23,4)5/h8-12,15-17H,13-14H2,1-7H3. The molecule has 1 aliphatic carbocycles. The van der Waals surface area contributed by atoms with Gasteiger partial charge in [-0.1, -0.05) is 72.7 Å². The van der Waals surface area contributed by atoms with E-state index < -0.39 is 0 Å². The molecule has 0 unspecified atom stereocenters. The highest BCUT2D eigenvalue weighted by molar-refractivity contribution is 7.20. The third-order valence-corrected chi connectivity index (χ3v) is 8.79. The molecule has 31 heavy (non-hydrogen) atoms. The second kappa shape index (κ2) is 6.65. The number of aromatic nitrogens is 1. The fourth-order valence-corrected chi connectivity index (χ4v) is 6.93. The van der Waals surface area contributed by atoms with Gasteiger partial charge in [0.25, 0.3) is 0 Å². The van der Waals surface area contributed by atoms with Gasteiger partial charge in [0, 0.05) is 22.0 Å². The summed E-state index contributed by atoms with van der Waals surface area (Å²) in [6, 6.07) is 15.8. The number of rotatable bonds is 1. The lowest BCUT2D eigenvalue weighted by Gasteiger charge is -2.39. The molecule has 4 aromatic rings. The third-order valence-electron chi connectivity index (χ3n) is 7.21. The Morgan fingerprint density at radius 3 is 2.32 bits per heavy atom. The first-order chi connectivity index (χ1) is 14.5. The molecule has 2 heteroatoms. The Labute approximate surface area is 190 Å². The van der Waals surface area contributed by atoms with Gasteiger partial charge < -0.3 is 0 Å². The van der Waals surface area contributed by atoms with Crippen molar-refractivity contribution in [2.24, 2.45) is 0 Å². The second-order valence-corrected chi connectivity index (χ2v) is 12.6. The maximum atomic E-state index is 4.96. The average molecular weight is 428 g/mol. The van der Waals surface area contributed by atoms with Crippen LogP contribution in [-0.2, 0) is 16.2 Å². The molecular formula is C29H33NS. The Balaban J connectivity index is 1.84. The number of benzene rings is 2. The van der Waals surface area contributed by atoms with Crippen molar-refractivity contribution in [3.63, 3.8) is 0 Å². The SMILES string of the molecule is CC(C)(C)c1cc(-c2nccc3c4c(sc23)C(C)(C)CCC4(C)C)cc2ccccc12. The summed E-state index contributed by atoms with van der Waals surface area (Å²) in [6.07, 6.45) is 4.50. The molecule has 0 atom stereocenters. The van der Waals surface area contributed by atoms with Gasteiger partial charge in [0.2, 0.25) is 0 Å². The molecule has 1 nitrogen and oxygen atoms in total. The van der Waals surface area contributed by atoms with Crippen LogP contribution in [0.25, 0.3) is 32.1 Å². The van der Waals surface area contributed by atoms with Gasteiger partial charge in [-0.2, -0.15) is 0 Å². The molecule has 0 saturated carbocycles. The summed E-state index contributed by atoms with van der Waals surface area (Å²) >= 11 is 1.99. The van der Waals surface area contributed by atoms with Crippen LogP contribution < -0.4 is 0 Å². The van der Waals surface area contributed by atoms with E-state index in [4.69, 9.17) is 4.98 Å². The number of hydrogen-bond donors (Lipinski definition) is 0. The van der Waals surface area contributed by atoms with E-state index in [0.717, 1.165) is 5.69 Å². The zero-order valence-corrected chi connectivity index (χ0v) is 20.7. The molecule has 1 aliphatic rings. The van der Waals surface area contributed by atoms with Crippen molar-refractivity contribution in [3.8, 4) is 11.3 Å². The Morgan fingerprint density at radius 2 is 1.58 bits per heavy atom. The maximum absolute atomic E-state index is 4.96. The molecular weight excluding hydrogens is 394 g/mol. The van der Waals surface area contributed by atoms with Crippen molar-refractivity contribution in [1.29, 1.82) is 0 Å². The van der Waals surface area contributed by atoms with E-state index >= 15 is 0 Å². The van der Waals surface area contributed by atoms with Crippen molar-refractivity contribution >= 4 is 32.2 Å². The van der Waals surface area contributed by atoms with Gasteiger partial charge in [-0.25, -0.2) is 0 Å². The van der Waals surface area contributed by atoms with Gasteiger partial charge in [0.05, 0.1) is 10.4 Å². The van der Waals surface area contributed by atoms with Crippen LogP contribution in [0, 0.1) is 0 Å². The molecule has 0 spiro atoms. The van der Waals surface area contributed by atoms with Gasteiger partial charge in [0.1, 0.15) is 0 Å². The normalized spacial score (nSPS) is 17.8. The Bertz CT molecular complexity index is 1310. The van der Waals surface area contributed by atoms with Crippen molar-refractivity contribution in [3.05, 3.63) is 64.7 Å². The average Bonchev–Trinajstić information content (AvgIpc) is 3.12. The highest BCUT2D eigenvalue weighted by Gasteiger charge is 2.40. The van der Waals surface area contributed by atoms with Crippen LogP contribution in [0.5, 0.6) is 0 Å². The Kier molecular flexibility index (Phi) is 4.44. The zero-order valence-electron chi connectivity index (χ0n) is 19.9. The highest BCUT2D eigenvalue weighted by Crippen LogP contribution is 2.53. The molecule has 5 rings (SSSR count). The van der Waals surface area contributed by atoms with Gasteiger partial charge in [-0.3, -0.25) is 4.98 Å². The predicted molar refractivity (Wildman–Crippen MR) is 137 cm³/mol. The van der Waals surface area contributed by atoms with E-state index in [1.807, 2.05) is 17.5 Å². The summed E-state index contributed by atoms with van der Waals surface area (Å²) in [5.41, 5.74) is 5.84. The Hall–Kier alpha value is -2.19. The smallest absolute Gasteiger partial charge is 0.0880 e. The van der Waals surface area contributed by atoms with E-state index in [9.17, 15) is 0 Å². The number of thiophene rings is 1. The molecule has 0 saturated heterocycles. The van der Waals surface area contributed by atoms with E-state index in [1.54, 1.807) is 10.4 Å². The Morgan fingerprint density at radius 1 is 0.871 bits per heavy atom. The molecule has 2 aromatic carbocycles. The minimum absolute atomic E-state index is 0.0716. The third kappa shape index (κ3) is 3.22. The molecule has 0 amide bonds. The number of hydrogen-bond acceptors (Lipinski definition) is 2. The van der Waals surface area contributed by atoms with Crippen LogP contribution >= 0.6 is 11.3 Å². The van der Waals surface area contributed by atoms with Crippen LogP contribution in [0.3, 0.4) is 0 Å². The first-order valence-electron chi connectivity index (χ1n) is 11.5. The van der Waals surface area contributed by atoms with Crippen LogP contribution in [0.2, 0.25) is 0 Å². The molecule has 0 aliphatic heterocycles. The fraction of sp³-hybridized carbons (Fsp3) is 0.414. The van der Waals surface area contributed by atoms with Crippen molar-refractivity contribution in [2.75, 3.05) is 0 Å². The van der Waals surface area contributed by atoms with Gasteiger partial charge >= 0.3 is 0 Å². The minimum Gasteiger partial charge on any atom is -0.255 e. The number of pyridine rings is 1.